The Morgan fingerprint density at radius 3 is 1.93 bits per heavy atom. The third-order valence-electron chi connectivity index (χ3n) is 11.0. The number of hydrogen-bond acceptors (Lipinski definition) is 13. The molecule has 57 heavy (non-hydrogen) atoms. The van der Waals surface area contributed by atoms with E-state index in [9.17, 15) is 40.5 Å². The summed E-state index contributed by atoms with van der Waals surface area (Å²) in [6.45, 7) is 8.85. The number of hydrogen-bond donors (Lipinski definition) is 7. The fourth-order valence-corrected chi connectivity index (χ4v) is 9.12. The van der Waals surface area contributed by atoms with Crippen molar-refractivity contribution in [2.75, 3.05) is 7.11 Å². The Morgan fingerprint density at radius 2 is 1.35 bits per heavy atom. The van der Waals surface area contributed by atoms with Crippen LogP contribution in [0, 0.1) is 20.8 Å². The SMILES string of the molecule is COc1c(C)c2c(c(C)c1Cl)C(=O)c1c(CO)cc(OC(C)C)c(-c3c(O)c(Cl)c(C)c4c3C(O)c3c(Cl)c(O)cc(O)c3C4=O)c1C2OC1OC(C)C(O)C1O. The van der Waals surface area contributed by atoms with E-state index in [2.05, 4.69) is 0 Å². The summed E-state index contributed by atoms with van der Waals surface area (Å²) >= 11 is 20.1. The van der Waals surface area contributed by atoms with Crippen molar-refractivity contribution in [2.45, 2.75) is 91.1 Å². The van der Waals surface area contributed by atoms with Crippen molar-refractivity contribution in [3.63, 3.8) is 0 Å². The average molecular weight is 846 g/mol. The number of carbonyl (C=O) groups excluding carboxylic acids is 2. The minimum Gasteiger partial charge on any atom is -0.507 e. The van der Waals surface area contributed by atoms with E-state index in [1.807, 2.05) is 0 Å². The van der Waals surface area contributed by atoms with Gasteiger partial charge >= 0.3 is 0 Å². The van der Waals surface area contributed by atoms with Gasteiger partial charge in [-0.15, -0.1) is 0 Å². The first kappa shape index (κ1) is 41.0. The smallest absolute Gasteiger partial charge is 0.197 e. The molecule has 13 nitrogen and oxygen atoms in total. The van der Waals surface area contributed by atoms with E-state index >= 15 is 4.79 Å². The minimum atomic E-state index is -1.93. The molecule has 1 fully saturated rings. The lowest BCUT2D eigenvalue weighted by Gasteiger charge is -2.37. The zero-order valence-electron chi connectivity index (χ0n) is 31.6. The number of aromatic hydroxyl groups is 3. The highest BCUT2D eigenvalue weighted by molar-refractivity contribution is 6.36. The molecule has 3 aliphatic rings. The molecule has 1 aliphatic heterocycles. The Labute approximate surface area is 341 Å². The van der Waals surface area contributed by atoms with Gasteiger partial charge in [0.2, 0.25) is 0 Å². The number of methoxy groups -OCH3 is 1. The number of ketones is 2. The van der Waals surface area contributed by atoms with Gasteiger partial charge in [0.05, 0.1) is 46.6 Å². The summed E-state index contributed by atoms with van der Waals surface area (Å²) in [6.07, 6.45) is -9.41. The van der Waals surface area contributed by atoms with Crippen molar-refractivity contribution in [3.05, 3.63) is 94.0 Å². The van der Waals surface area contributed by atoms with Gasteiger partial charge in [0.25, 0.3) is 0 Å². The van der Waals surface area contributed by atoms with E-state index in [1.54, 1.807) is 27.7 Å². The number of rotatable bonds is 7. The number of aliphatic hydroxyl groups is 4. The molecule has 0 amide bonds. The van der Waals surface area contributed by atoms with Crippen LogP contribution in [0.15, 0.2) is 12.1 Å². The maximum atomic E-state index is 15.1. The number of halogens is 3. The molecule has 0 bridgehead atoms. The van der Waals surface area contributed by atoms with Crippen molar-refractivity contribution < 1.29 is 64.3 Å². The Hall–Kier alpha value is -4.15. The average Bonchev–Trinajstić information content (AvgIpc) is 3.39. The van der Waals surface area contributed by atoms with Gasteiger partial charge in [-0.2, -0.15) is 0 Å². The van der Waals surface area contributed by atoms with E-state index in [1.165, 1.54) is 27.0 Å². The van der Waals surface area contributed by atoms with Crippen LogP contribution < -0.4 is 9.47 Å². The first-order valence-electron chi connectivity index (χ1n) is 17.9. The van der Waals surface area contributed by atoms with Crippen LogP contribution in [0.1, 0.15) is 109 Å². The molecule has 0 saturated carbocycles. The predicted octanol–water partition coefficient (Wildman–Crippen LogP) is 6.39. The molecule has 0 aromatic heterocycles. The third-order valence-corrected chi connectivity index (χ3v) is 12.3. The number of carbonyl (C=O) groups is 2. The van der Waals surface area contributed by atoms with Crippen molar-refractivity contribution in [1.29, 1.82) is 0 Å². The quantitative estimate of drug-likeness (QED) is 0.108. The molecule has 1 heterocycles. The van der Waals surface area contributed by atoms with E-state index in [4.69, 9.17) is 53.8 Å². The van der Waals surface area contributed by atoms with Crippen molar-refractivity contribution in [1.82, 2.24) is 0 Å². The van der Waals surface area contributed by atoms with Gasteiger partial charge in [0, 0.05) is 56.1 Å². The van der Waals surface area contributed by atoms with E-state index in [0.29, 0.717) is 5.56 Å². The summed E-state index contributed by atoms with van der Waals surface area (Å²) in [5, 5.41) is 78.2. The summed E-state index contributed by atoms with van der Waals surface area (Å²) < 4.78 is 24.6. The summed E-state index contributed by atoms with van der Waals surface area (Å²) in [5.74, 6) is -3.38. The molecule has 4 aromatic rings. The summed E-state index contributed by atoms with van der Waals surface area (Å²) in [6, 6.07) is 2.24. The molecule has 7 N–H and O–H groups in total. The van der Waals surface area contributed by atoms with Gasteiger partial charge in [-0.1, -0.05) is 34.8 Å². The molecule has 302 valence electrons. The highest BCUT2D eigenvalue weighted by Gasteiger charge is 2.49. The minimum absolute atomic E-state index is 0.0175. The van der Waals surface area contributed by atoms with E-state index < -0.39 is 88.9 Å². The first-order valence-corrected chi connectivity index (χ1v) is 19.0. The summed E-state index contributed by atoms with van der Waals surface area (Å²) in [7, 11) is 1.38. The monoisotopic (exact) mass is 844 g/mol. The molecular weight excluding hydrogens is 807 g/mol. The topological polar surface area (TPSA) is 213 Å². The maximum absolute atomic E-state index is 15.1. The normalized spacial score (nSPS) is 22.4. The van der Waals surface area contributed by atoms with Gasteiger partial charge in [-0.25, -0.2) is 0 Å². The number of fused-ring (bicyclic) bond motifs is 4. The van der Waals surface area contributed by atoms with Crippen LogP contribution in [0.2, 0.25) is 15.1 Å². The Morgan fingerprint density at radius 1 is 0.737 bits per heavy atom. The predicted molar refractivity (Wildman–Crippen MR) is 207 cm³/mol. The molecule has 16 heteroatoms. The molecule has 2 aliphatic carbocycles. The summed E-state index contributed by atoms with van der Waals surface area (Å²) in [5.41, 5.74) is -0.986. The molecule has 4 aromatic carbocycles. The Kier molecular flexibility index (Phi) is 10.5. The van der Waals surface area contributed by atoms with Crippen LogP contribution in [-0.4, -0.2) is 85.1 Å². The lowest BCUT2D eigenvalue weighted by atomic mass is 9.71. The van der Waals surface area contributed by atoms with Crippen LogP contribution in [0.4, 0.5) is 0 Å². The number of phenols is 3. The van der Waals surface area contributed by atoms with Crippen molar-refractivity contribution in [2.24, 2.45) is 0 Å². The number of ether oxygens (including phenoxy) is 4. The standard InChI is InChI=1S/C41H39Cl3O13/c1-11(2)55-19-8-16(10-45)23-28(40(57-41-38(53)33(48)15(6)56-41)22-14(5)39(54-7)31(43)13(4)20(22)34(23)49)25(19)27-26-21(12(3)30(42)37(27)52)35(50)24-17(46)9-18(47)32(44)29(24)36(26)51/h8-9,11,15,33,36,38,40-41,45-48,51-53H,10H2,1-7H3. The zero-order chi connectivity index (χ0) is 41.8. The lowest BCUT2D eigenvalue weighted by molar-refractivity contribution is -0.182. The van der Waals surface area contributed by atoms with Crippen LogP contribution in [-0.2, 0) is 16.1 Å². The molecule has 6 unspecified atom stereocenters. The third kappa shape index (κ3) is 5.89. The molecule has 0 radical (unpaired) electrons. The molecule has 7 rings (SSSR count). The first-order chi connectivity index (χ1) is 26.8. The van der Waals surface area contributed by atoms with Crippen LogP contribution >= 0.6 is 34.8 Å². The Bertz CT molecular complexity index is 2430. The maximum Gasteiger partial charge on any atom is 0.197 e. The van der Waals surface area contributed by atoms with Gasteiger partial charge < -0.3 is 54.7 Å². The highest BCUT2D eigenvalue weighted by atomic mass is 35.5. The number of phenolic OH excluding ortho intramolecular Hbond substituents is 3. The zero-order valence-corrected chi connectivity index (χ0v) is 33.9. The second-order valence-electron chi connectivity index (χ2n) is 14.6. The largest absolute Gasteiger partial charge is 0.507 e. The lowest BCUT2D eigenvalue weighted by Crippen LogP contribution is -2.36. The second kappa shape index (κ2) is 14.6. The second-order valence-corrected chi connectivity index (χ2v) is 15.8. The number of aliphatic hydroxyl groups excluding tert-OH is 4. The van der Waals surface area contributed by atoms with Crippen LogP contribution in [0.25, 0.3) is 11.1 Å². The van der Waals surface area contributed by atoms with Crippen molar-refractivity contribution in [3.8, 4) is 39.9 Å². The van der Waals surface area contributed by atoms with E-state index in [-0.39, 0.29) is 88.3 Å². The van der Waals surface area contributed by atoms with Gasteiger partial charge in [0.1, 0.15) is 53.2 Å². The van der Waals surface area contributed by atoms with Crippen LogP contribution in [0.5, 0.6) is 28.7 Å². The molecule has 0 spiro atoms. The molecular formula is C41H39Cl3O13. The fourth-order valence-electron chi connectivity index (χ4n) is 8.36. The highest BCUT2D eigenvalue weighted by Crippen LogP contribution is 2.59. The molecule has 6 atom stereocenters. The number of benzene rings is 4. The van der Waals surface area contributed by atoms with Gasteiger partial charge in [0.15, 0.2) is 17.9 Å². The van der Waals surface area contributed by atoms with E-state index in [0.717, 1.165) is 6.07 Å². The summed E-state index contributed by atoms with van der Waals surface area (Å²) in [4.78, 5) is 29.5. The van der Waals surface area contributed by atoms with Crippen LogP contribution in [0.3, 0.4) is 0 Å². The molecule has 1 saturated heterocycles. The van der Waals surface area contributed by atoms with Gasteiger partial charge in [-0.05, 0) is 69.9 Å². The van der Waals surface area contributed by atoms with Gasteiger partial charge in [-0.3, -0.25) is 9.59 Å². The Balaban J connectivity index is 1.69. The van der Waals surface area contributed by atoms with Crippen molar-refractivity contribution >= 4 is 46.4 Å². The fraction of sp³-hybridized carbons (Fsp3) is 0.366.